The van der Waals surface area contributed by atoms with E-state index < -0.39 is 22.7 Å². The van der Waals surface area contributed by atoms with Gasteiger partial charge in [-0.05, 0) is 58.3 Å². The van der Waals surface area contributed by atoms with Crippen LogP contribution < -0.4 is 4.74 Å². The molecule has 0 saturated carbocycles. The Kier molecular flexibility index (Phi) is 5.92. The molecule has 0 unspecified atom stereocenters. The summed E-state index contributed by atoms with van der Waals surface area (Å²) < 4.78 is 5.85. The summed E-state index contributed by atoms with van der Waals surface area (Å²) >= 11 is 0. The van der Waals surface area contributed by atoms with E-state index in [1.165, 1.54) is 12.1 Å². The zero-order valence-electron chi connectivity index (χ0n) is 17.7. The minimum absolute atomic E-state index is 0.0722. The van der Waals surface area contributed by atoms with E-state index in [4.69, 9.17) is 4.74 Å². The molecule has 0 fully saturated rings. The maximum Gasteiger partial charge on any atom is 0.193 e. The first-order valence-corrected chi connectivity index (χ1v) is 9.92. The molecule has 0 spiro atoms. The Hall–Kier alpha value is -3.21. The van der Waals surface area contributed by atoms with Crippen molar-refractivity contribution in [3.05, 3.63) is 69.8 Å². The summed E-state index contributed by atoms with van der Waals surface area (Å²) in [4.78, 5) is 38.3. The number of carbonyl (C=O) groups is 3. The molecule has 0 saturated heterocycles. The van der Waals surface area contributed by atoms with Gasteiger partial charge in [-0.15, -0.1) is 0 Å². The number of ketones is 2. The lowest BCUT2D eigenvalue weighted by molar-refractivity contribution is -0.126. The highest BCUT2D eigenvalue weighted by Gasteiger charge is 2.46. The minimum Gasteiger partial charge on any atom is -0.506 e. The molecule has 1 heterocycles. The van der Waals surface area contributed by atoms with Crippen LogP contribution in [0.2, 0.25) is 0 Å². The predicted molar refractivity (Wildman–Crippen MR) is 115 cm³/mol. The molecule has 1 atom stereocenters. The predicted octanol–water partition coefficient (Wildman–Crippen LogP) is 4.94. The zero-order valence-corrected chi connectivity index (χ0v) is 17.7. The van der Waals surface area contributed by atoms with E-state index in [0.717, 1.165) is 11.1 Å². The Balaban J connectivity index is 2.38. The molecule has 1 N–H and O–H groups in total. The third-order valence-electron chi connectivity index (χ3n) is 5.78. The molecule has 1 aromatic rings. The van der Waals surface area contributed by atoms with Gasteiger partial charge in [0.1, 0.15) is 23.7 Å². The number of allylic oxidation sites excluding steroid dienone is 6. The van der Waals surface area contributed by atoms with Crippen molar-refractivity contribution < 1.29 is 24.2 Å². The number of hydrogen-bond acceptors (Lipinski definition) is 5. The van der Waals surface area contributed by atoms with Crippen molar-refractivity contribution >= 4 is 23.6 Å². The number of rotatable bonds is 3. The summed E-state index contributed by atoms with van der Waals surface area (Å²) in [5, 5.41) is 11.1. The molecule has 0 amide bonds. The Bertz CT molecular complexity index is 1050. The fourth-order valence-electron chi connectivity index (χ4n) is 3.87. The Morgan fingerprint density at radius 1 is 1.23 bits per heavy atom. The van der Waals surface area contributed by atoms with Gasteiger partial charge < -0.3 is 9.84 Å². The molecule has 1 aromatic carbocycles. The van der Waals surface area contributed by atoms with Crippen LogP contribution in [0, 0.1) is 5.41 Å². The largest absolute Gasteiger partial charge is 0.506 e. The van der Waals surface area contributed by atoms with Crippen LogP contribution in [0.25, 0.3) is 5.76 Å². The number of carbonyl (C=O) groups excluding carboxylic acids is 3. The van der Waals surface area contributed by atoms with Crippen LogP contribution >= 0.6 is 0 Å². The number of fused-ring (bicyclic) bond motifs is 3. The third kappa shape index (κ3) is 3.67. The Labute approximate surface area is 176 Å². The summed E-state index contributed by atoms with van der Waals surface area (Å²) in [6.45, 7) is 7.83. The summed E-state index contributed by atoms with van der Waals surface area (Å²) in [5.74, 6) is -1.25. The lowest BCUT2D eigenvalue weighted by atomic mass is 9.65. The van der Waals surface area contributed by atoms with Crippen molar-refractivity contribution in [2.75, 3.05) is 6.61 Å². The number of Topliss-reactive ketones (excluding diaryl/α,β-unsaturated/α-hetero) is 1. The average molecular weight is 406 g/mol. The Morgan fingerprint density at radius 3 is 2.63 bits per heavy atom. The molecule has 0 aromatic heterocycles. The van der Waals surface area contributed by atoms with Crippen LogP contribution in [0.5, 0.6) is 5.75 Å². The van der Waals surface area contributed by atoms with Crippen molar-refractivity contribution in [2.24, 2.45) is 5.41 Å². The molecule has 2 bridgehead atoms. The van der Waals surface area contributed by atoms with E-state index >= 15 is 0 Å². The van der Waals surface area contributed by atoms with Crippen molar-refractivity contribution in [3.63, 3.8) is 0 Å². The highest BCUT2D eigenvalue weighted by molar-refractivity contribution is 6.32. The molecule has 5 heteroatoms. The monoisotopic (exact) mass is 406 g/mol. The average Bonchev–Trinajstić information content (AvgIpc) is 2.71. The summed E-state index contributed by atoms with van der Waals surface area (Å²) in [6, 6.07) is 4.76. The van der Waals surface area contributed by atoms with Gasteiger partial charge in [0.2, 0.25) is 0 Å². The molecule has 156 valence electrons. The van der Waals surface area contributed by atoms with Crippen LogP contribution in [0.1, 0.15) is 56.5 Å². The molecule has 1 aliphatic carbocycles. The van der Waals surface area contributed by atoms with Crippen molar-refractivity contribution in [1.29, 1.82) is 0 Å². The minimum atomic E-state index is -0.976. The number of hydrogen-bond donors (Lipinski definition) is 1. The third-order valence-corrected chi connectivity index (χ3v) is 5.78. The number of aliphatic hydroxyl groups is 1. The smallest absolute Gasteiger partial charge is 0.193 e. The summed E-state index contributed by atoms with van der Waals surface area (Å²) in [6.07, 6.45) is 6.73. The molecular formula is C25H26O5. The first kappa shape index (κ1) is 21.5. The van der Waals surface area contributed by atoms with Gasteiger partial charge in [-0.1, -0.05) is 35.4 Å². The highest BCUT2D eigenvalue weighted by Crippen LogP contribution is 2.45. The maximum atomic E-state index is 13.8. The van der Waals surface area contributed by atoms with E-state index in [1.807, 2.05) is 32.9 Å². The Morgan fingerprint density at radius 2 is 1.97 bits per heavy atom. The van der Waals surface area contributed by atoms with Crippen molar-refractivity contribution in [2.45, 2.75) is 40.5 Å². The van der Waals surface area contributed by atoms with Gasteiger partial charge in [-0.3, -0.25) is 14.4 Å². The van der Waals surface area contributed by atoms with E-state index in [9.17, 15) is 19.5 Å². The highest BCUT2D eigenvalue weighted by atomic mass is 16.5. The van der Waals surface area contributed by atoms with Gasteiger partial charge in [0.05, 0.1) is 11.0 Å². The fraction of sp³-hybridized carbons (Fsp3) is 0.320. The first-order chi connectivity index (χ1) is 14.2. The standard InChI is InChI=1S/C25H26O5/c1-15(2)8-10-25-11-9-16(3)14-30-20-7-5-6-18(13-26)21(20)23(28)22(24(25)29)19(27)12-17(25)4/h5-9,12-13,28H,10-11,14H2,1-4H3/b16-9+,23-22-/t25-/m0/s1. The molecule has 0 radical (unpaired) electrons. The quantitative estimate of drug-likeness (QED) is 0.437. The second-order valence-electron chi connectivity index (χ2n) is 8.19. The van der Waals surface area contributed by atoms with Crippen LogP contribution in [-0.2, 0) is 9.59 Å². The molecule has 5 nitrogen and oxygen atoms in total. The van der Waals surface area contributed by atoms with Crippen LogP contribution in [0.15, 0.2) is 58.7 Å². The van der Waals surface area contributed by atoms with Gasteiger partial charge in [0.15, 0.2) is 17.9 Å². The van der Waals surface area contributed by atoms with Crippen molar-refractivity contribution in [3.8, 4) is 5.75 Å². The number of aliphatic hydroxyl groups excluding tert-OH is 1. The van der Waals surface area contributed by atoms with E-state index in [2.05, 4.69) is 0 Å². The van der Waals surface area contributed by atoms with E-state index in [0.29, 0.717) is 24.7 Å². The lowest BCUT2D eigenvalue weighted by Gasteiger charge is -2.35. The van der Waals surface area contributed by atoms with Gasteiger partial charge >= 0.3 is 0 Å². The normalized spacial score (nSPS) is 25.7. The molecular weight excluding hydrogens is 380 g/mol. The second kappa shape index (κ2) is 8.27. The molecule has 30 heavy (non-hydrogen) atoms. The van der Waals surface area contributed by atoms with Crippen LogP contribution in [-0.4, -0.2) is 29.6 Å². The number of ether oxygens (including phenoxy) is 1. The van der Waals surface area contributed by atoms with Gasteiger partial charge in [-0.25, -0.2) is 0 Å². The van der Waals surface area contributed by atoms with Crippen LogP contribution in [0.3, 0.4) is 0 Å². The van der Waals surface area contributed by atoms with Crippen molar-refractivity contribution in [1.82, 2.24) is 0 Å². The van der Waals surface area contributed by atoms with Gasteiger partial charge in [0, 0.05) is 5.56 Å². The maximum absolute atomic E-state index is 13.8. The van der Waals surface area contributed by atoms with Gasteiger partial charge in [0.25, 0.3) is 0 Å². The second-order valence-corrected chi connectivity index (χ2v) is 8.19. The first-order valence-electron chi connectivity index (χ1n) is 9.92. The number of benzene rings is 1. The fourth-order valence-corrected chi connectivity index (χ4v) is 3.87. The summed E-state index contributed by atoms with van der Waals surface area (Å²) in [5.41, 5.74) is 1.59. The zero-order chi connectivity index (χ0) is 22.1. The lowest BCUT2D eigenvalue weighted by Crippen LogP contribution is -2.39. The SMILES string of the molecule is CC(C)=CC[C@]12C/C=C(\C)COc3cccc(C=O)c3/C(O)=C(\C(=O)C=C1C)C2=O. The topological polar surface area (TPSA) is 80.7 Å². The van der Waals surface area contributed by atoms with Crippen LogP contribution in [0.4, 0.5) is 0 Å². The summed E-state index contributed by atoms with van der Waals surface area (Å²) in [7, 11) is 0. The van der Waals surface area contributed by atoms with Gasteiger partial charge in [-0.2, -0.15) is 0 Å². The van der Waals surface area contributed by atoms with E-state index in [1.54, 1.807) is 19.1 Å². The number of aldehydes is 1. The molecule has 2 aliphatic rings. The molecule has 1 aliphatic heterocycles. The van der Waals surface area contributed by atoms with E-state index in [-0.39, 0.29) is 29.1 Å². The molecule has 3 rings (SSSR count).